The van der Waals surface area contributed by atoms with E-state index in [1.54, 1.807) is 0 Å². The smallest absolute Gasteiger partial charge is 0.246 e. The van der Waals surface area contributed by atoms with Gasteiger partial charge in [-0.2, -0.15) is 0 Å². The second-order valence-electron chi connectivity index (χ2n) is 39.8. The minimum atomic E-state index is -0.285. The van der Waals surface area contributed by atoms with Crippen LogP contribution >= 0.6 is 0 Å². The van der Waals surface area contributed by atoms with Gasteiger partial charge in [-0.3, -0.25) is 14.4 Å². The number of ether oxygens (including phenoxy) is 10. The Labute approximate surface area is 700 Å². The number of unbranched alkanes of at least 4 members (excludes halogenated alkanes) is 5. The van der Waals surface area contributed by atoms with Gasteiger partial charge in [0.15, 0.2) is 5.78 Å². The van der Waals surface area contributed by atoms with Crippen molar-refractivity contribution in [2.75, 3.05) is 145 Å². The summed E-state index contributed by atoms with van der Waals surface area (Å²) >= 11 is 0. The van der Waals surface area contributed by atoms with Crippen molar-refractivity contribution in [1.29, 1.82) is 0 Å². The molecule has 0 aromatic heterocycles. The van der Waals surface area contributed by atoms with Crippen LogP contribution in [0.5, 0.6) is 0 Å². The lowest BCUT2D eigenvalue weighted by molar-refractivity contribution is -0.131. The molecule has 0 unspecified atom stereocenters. The molecule has 21 heteroatoms. The van der Waals surface area contributed by atoms with Crippen LogP contribution in [-0.4, -0.2) is 229 Å². The first-order chi connectivity index (χ1) is 48.4. The van der Waals surface area contributed by atoms with Gasteiger partial charge in [-0.05, 0) is 346 Å². The lowest BCUT2D eigenvalue weighted by Crippen LogP contribution is -2.38. The van der Waals surface area contributed by atoms with E-state index >= 15 is 0 Å². The number of hydrogen-bond donors (Lipinski definition) is 8. The lowest BCUT2D eigenvalue weighted by Gasteiger charge is -2.20. The number of nitrogens with one attached hydrogen (secondary N) is 8. The zero-order valence-corrected chi connectivity index (χ0v) is 77.6. The highest BCUT2D eigenvalue weighted by atomic mass is 16.5. The molecule has 0 radical (unpaired) electrons. The lowest BCUT2D eigenvalue weighted by atomic mass is 10.1. The molecule has 0 heterocycles. The second-order valence-corrected chi connectivity index (χ2v) is 39.8. The van der Waals surface area contributed by atoms with E-state index in [0.29, 0.717) is 39.4 Å². The Kier molecular flexibility index (Phi) is 86.8. The first-order valence-corrected chi connectivity index (χ1v) is 41.1. The molecule has 0 atom stereocenters. The van der Waals surface area contributed by atoms with Crippen LogP contribution in [0, 0.1) is 0 Å². The maximum absolute atomic E-state index is 11.5. The largest absolute Gasteiger partial charge is 0.381 e. The van der Waals surface area contributed by atoms with Crippen molar-refractivity contribution in [3.05, 3.63) is 0 Å². The van der Waals surface area contributed by atoms with Crippen LogP contribution in [0.15, 0.2) is 0 Å². The first kappa shape index (κ1) is 133. The summed E-state index contributed by atoms with van der Waals surface area (Å²) in [5.74, 6) is 0.0859. The van der Waals surface area contributed by atoms with Gasteiger partial charge in [0, 0.05) is 106 Å². The third kappa shape index (κ3) is 153. The predicted octanol–water partition coefficient (Wildman–Crippen LogP) is 19.3. The Morgan fingerprint density at radius 1 is 0.205 bits per heavy atom. The molecule has 0 saturated carbocycles. The second kappa shape index (κ2) is 72.9. The maximum atomic E-state index is 11.5. The summed E-state index contributed by atoms with van der Waals surface area (Å²) in [4.78, 5) is 34.4. The van der Waals surface area contributed by atoms with Gasteiger partial charge in [0.25, 0.3) is 0 Å². The van der Waals surface area contributed by atoms with Crippen LogP contribution in [0.1, 0.15) is 370 Å². The van der Waals surface area contributed by atoms with Crippen molar-refractivity contribution in [3.8, 4) is 0 Å². The predicted molar refractivity (Wildman–Crippen MR) is 489 cm³/mol. The average Bonchev–Trinajstić information content (AvgIpc) is 0.963. The Hall–Kier alpha value is -2.03. The number of rotatable bonds is 48. The summed E-state index contributed by atoms with van der Waals surface area (Å²) in [7, 11) is 0. The van der Waals surface area contributed by atoms with Crippen LogP contribution in [0.2, 0.25) is 0 Å². The third-order valence-electron chi connectivity index (χ3n) is 13.3. The summed E-state index contributed by atoms with van der Waals surface area (Å²) in [5, 5.41) is 26.2. The molecule has 0 saturated heterocycles. The molecule has 0 aromatic rings. The monoisotopic (exact) mass is 1620 g/mol. The molecule has 0 aliphatic rings. The molecule has 688 valence electrons. The summed E-state index contributed by atoms with van der Waals surface area (Å²) < 4.78 is 55.0. The van der Waals surface area contributed by atoms with E-state index in [1.807, 2.05) is 62.3 Å². The van der Waals surface area contributed by atoms with Gasteiger partial charge in [0.2, 0.25) is 11.8 Å². The average molecular weight is 1620 g/mol. The topological polar surface area (TPSA) is 240 Å². The van der Waals surface area contributed by atoms with Crippen molar-refractivity contribution in [1.82, 2.24) is 42.5 Å². The van der Waals surface area contributed by atoms with Crippen LogP contribution in [-0.2, 0) is 61.8 Å². The molecule has 0 aliphatic carbocycles. The number of hydrogen-bond acceptors (Lipinski definition) is 19. The van der Waals surface area contributed by atoms with Gasteiger partial charge < -0.3 is 89.9 Å². The zero-order valence-electron chi connectivity index (χ0n) is 77.6. The molecule has 0 aliphatic heterocycles. The van der Waals surface area contributed by atoms with Crippen LogP contribution < -0.4 is 42.5 Å². The van der Waals surface area contributed by atoms with E-state index in [2.05, 4.69) is 229 Å². The highest BCUT2D eigenvalue weighted by Gasteiger charge is 2.18. The molecule has 0 aromatic carbocycles. The van der Waals surface area contributed by atoms with E-state index in [0.717, 1.165) is 169 Å². The van der Waals surface area contributed by atoms with E-state index in [4.69, 9.17) is 47.4 Å². The highest BCUT2D eigenvalue weighted by molar-refractivity contribution is 5.79. The number of carbonyl (C=O) groups is 3. The summed E-state index contributed by atoms with van der Waals surface area (Å²) in [6.07, 6.45) is 13.5. The number of Topliss-reactive ketones (excluding diaryl/α,β-unsaturated/α-hetero) is 1. The van der Waals surface area contributed by atoms with E-state index in [-0.39, 0.29) is 141 Å². The van der Waals surface area contributed by atoms with Gasteiger partial charge in [0.1, 0.15) is 19.8 Å². The SMILES string of the molecule is C.C.C.C.C.CC(C)(C)NCCCCCC(=O)COC(C)(C)C.CC(C)(C)NCCCCCNC(=O)COC(C)(C)C.CC(C)(C)NCCCCOCCOC(C)(C)C.CC(C)(C)NCCCOCCCOC(C)(C)C.CC(C)(C)NCCCOCCCOC(C)(C)C.CC(C)(C)NCCOCCNC(=O)COC(C)(C)C. The molecule has 8 N–H and O–H groups in total. The van der Waals surface area contributed by atoms with Gasteiger partial charge in [0.05, 0.1) is 60.0 Å². The minimum absolute atomic E-state index is 0. The molecule has 112 heavy (non-hydrogen) atoms. The quantitative estimate of drug-likeness (QED) is 0.0264. The van der Waals surface area contributed by atoms with Gasteiger partial charge in [-0.1, -0.05) is 50.0 Å². The fraction of sp³-hybridized carbons (Fsp3) is 0.967. The molecular formula is C91H206N8O13. The summed E-state index contributed by atoms with van der Waals surface area (Å²) in [6, 6.07) is 0. The number of ketones is 1. The first-order valence-electron chi connectivity index (χ1n) is 41.1. The number of carbonyl (C=O) groups excluding carboxylic acids is 3. The van der Waals surface area contributed by atoms with Crippen molar-refractivity contribution < 1.29 is 61.8 Å². The highest BCUT2D eigenvalue weighted by Crippen LogP contribution is 2.13. The van der Waals surface area contributed by atoms with E-state index in [9.17, 15) is 14.4 Å². The molecule has 0 bridgehead atoms. The van der Waals surface area contributed by atoms with Gasteiger partial charge >= 0.3 is 0 Å². The fourth-order valence-corrected chi connectivity index (χ4v) is 7.96. The Morgan fingerprint density at radius 2 is 0.446 bits per heavy atom. The fourth-order valence-electron chi connectivity index (χ4n) is 7.96. The summed E-state index contributed by atoms with van der Waals surface area (Å²) in [5.41, 5.74) is 0.265. The van der Waals surface area contributed by atoms with Gasteiger partial charge in [-0.15, -0.1) is 0 Å². The Balaban J connectivity index is -0.000000120. The van der Waals surface area contributed by atoms with Crippen LogP contribution in [0.3, 0.4) is 0 Å². The van der Waals surface area contributed by atoms with Crippen molar-refractivity contribution in [2.24, 2.45) is 0 Å². The standard InChI is InChI=1S/C15H32N2O2.C15H31NO2.C14H30N2O3.3C14H31NO2.5CH4/c1-14(2,3)17-11-9-7-8-10-16-13(18)12-19-15(4,5)6;1-14(2,3)16-11-9-7-8-10-13(17)12-18-15(4,5)6;1-13(2,3)16-8-10-18-9-7-15-12(17)11-19-14(4,5)6;2*1-13(2,3)15-9-7-10-16-11-8-12-17-14(4,5)6;1-13(2,3)15-9-7-8-10-16-11-12-17-14(4,5)6;;;;;/h17H,7-12H2,1-6H3,(H,16,18);16H,7-12H2,1-6H3;16H,7-11H2,1-6H3,(H,15,17);3*15H,7-12H2,1-6H3;5*1H4. The minimum Gasteiger partial charge on any atom is -0.381 e. The third-order valence-corrected chi connectivity index (χ3v) is 13.3. The molecule has 21 nitrogen and oxygen atoms in total. The zero-order chi connectivity index (χ0) is 84.2. The van der Waals surface area contributed by atoms with E-state index < -0.39 is 0 Å². The molecule has 0 rings (SSSR count). The normalized spacial score (nSPS) is 12.2. The van der Waals surface area contributed by atoms with Crippen LogP contribution in [0.4, 0.5) is 0 Å². The maximum Gasteiger partial charge on any atom is 0.246 e. The Bertz CT molecular complexity index is 1810. The summed E-state index contributed by atoms with van der Waals surface area (Å²) in [6.45, 7) is 91.0. The molecular weight excluding hydrogens is 1410 g/mol. The van der Waals surface area contributed by atoms with Crippen LogP contribution in [0.25, 0.3) is 0 Å². The molecule has 0 fully saturated rings. The van der Waals surface area contributed by atoms with Crippen molar-refractivity contribution >= 4 is 17.6 Å². The van der Waals surface area contributed by atoms with Crippen molar-refractivity contribution in [2.45, 2.75) is 437 Å². The molecule has 0 spiro atoms. The van der Waals surface area contributed by atoms with E-state index in [1.165, 1.54) is 0 Å². The van der Waals surface area contributed by atoms with Crippen molar-refractivity contribution in [3.63, 3.8) is 0 Å². The number of amides is 2. The Morgan fingerprint density at radius 3 is 0.786 bits per heavy atom. The van der Waals surface area contributed by atoms with Gasteiger partial charge in [-0.25, -0.2) is 0 Å². The molecule has 2 amide bonds.